The number of esters is 1. The molecule has 0 aromatic carbocycles. The number of unbranched alkanes of at least 4 members (excludes halogenated alkanes) is 12. The zero-order valence-electron chi connectivity index (χ0n) is 20.7. The average Bonchev–Trinajstić information content (AvgIpc) is 2.77. The lowest BCUT2D eigenvalue weighted by atomic mass is 9.99. The average molecular weight is 444 g/mol. The highest BCUT2D eigenvalue weighted by molar-refractivity contribution is 5.81. The molecule has 184 valence electrons. The second-order valence-electron chi connectivity index (χ2n) is 8.55. The molecule has 0 rings (SSSR count). The Hall–Kier alpha value is -1.30. The molecule has 0 aromatic heterocycles. The summed E-state index contributed by atoms with van der Waals surface area (Å²) in [5.41, 5.74) is 0. The summed E-state index contributed by atoms with van der Waals surface area (Å²) in [6, 6.07) is -0.679. The van der Waals surface area contributed by atoms with Crippen molar-refractivity contribution in [2.24, 2.45) is 5.92 Å². The minimum Gasteiger partial charge on any atom is -0.464 e. The SMILES string of the molecule is CCCCCCCCCCCCCCCOC(=O)C(NC(=O)OCCOC)C(C)CC. The van der Waals surface area contributed by atoms with E-state index in [0.29, 0.717) is 13.2 Å². The number of nitrogens with one attached hydrogen (secondary N) is 1. The zero-order valence-corrected chi connectivity index (χ0v) is 20.7. The highest BCUT2D eigenvalue weighted by atomic mass is 16.6. The second-order valence-corrected chi connectivity index (χ2v) is 8.55. The quantitative estimate of drug-likeness (QED) is 0.164. The Kier molecular flexibility index (Phi) is 21.0. The van der Waals surface area contributed by atoms with E-state index in [2.05, 4.69) is 12.2 Å². The van der Waals surface area contributed by atoms with Crippen LogP contribution in [0.3, 0.4) is 0 Å². The summed E-state index contributed by atoms with van der Waals surface area (Å²) in [5, 5.41) is 2.63. The van der Waals surface area contributed by atoms with Crippen molar-refractivity contribution < 1.29 is 23.8 Å². The van der Waals surface area contributed by atoms with Gasteiger partial charge in [0.15, 0.2) is 0 Å². The van der Waals surface area contributed by atoms with Crippen LogP contribution in [0.15, 0.2) is 0 Å². The first-order valence-electron chi connectivity index (χ1n) is 12.7. The number of hydrogen-bond donors (Lipinski definition) is 1. The first-order chi connectivity index (χ1) is 15.1. The number of amides is 1. The molecule has 0 aromatic rings. The molecule has 2 atom stereocenters. The van der Waals surface area contributed by atoms with E-state index >= 15 is 0 Å². The van der Waals surface area contributed by atoms with E-state index in [9.17, 15) is 9.59 Å². The minimum absolute atomic E-state index is 0.0193. The molecule has 0 bridgehead atoms. The molecule has 0 spiro atoms. The first-order valence-corrected chi connectivity index (χ1v) is 12.7. The van der Waals surface area contributed by atoms with Gasteiger partial charge in [-0.2, -0.15) is 0 Å². The van der Waals surface area contributed by atoms with Crippen molar-refractivity contribution in [1.29, 1.82) is 0 Å². The van der Waals surface area contributed by atoms with Gasteiger partial charge in [0, 0.05) is 7.11 Å². The Morgan fingerprint density at radius 2 is 1.23 bits per heavy atom. The van der Waals surface area contributed by atoms with Gasteiger partial charge >= 0.3 is 12.1 Å². The molecule has 2 unspecified atom stereocenters. The van der Waals surface area contributed by atoms with E-state index in [4.69, 9.17) is 14.2 Å². The standard InChI is InChI=1S/C25H49NO5/c1-5-7-8-9-10-11-12-13-14-15-16-17-18-19-30-24(27)23(22(3)6-2)26-25(28)31-21-20-29-4/h22-23H,5-21H2,1-4H3,(H,26,28). The monoisotopic (exact) mass is 443 g/mol. The Labute approximate surface area is 191 Å². The van der Waals surface area contributed by atoms with Gasteiger partial charge in [0.2, 0.25) is 0 Å². The van der Waals surface area contributed by atoms with Gasteiger partial charge in [-0.3, -0.25) is 0 Å². The van der Waals surface area contributed by atoms with Crippen LogP contribution >= 0.6 is 0 Å². The fraction of sp³-hybridized carbons (Fsp3) is 0.920. The number of methoxy groups -OCH3 is 1. The predicted octanol–water partition coefficient (Wildman–Crippen LogP) is 6.41. The second kappa shape index (κ2) is 21.9. The molecule has 0 heterocycles. The molecule has 1 amide bonds. The van der Waals surface area contributed by atoms with E-state index in [1.54, 1.807) is 0 Å². The number of carbonyl (C=O) groups excluding carboxylic acids is 2. The minimum atomic E-state index is -0.679. The van der Waals surface area contributed by atoms with Gasteiger partial charge < -0.3 is 19.5 Å². The maximum atomic E-state index is 12.4. The molecule has 1 N–H and O–H groups in total. The highest BCUT2D eigenvalue weighted by Crippen LogP contribution is 2.13. The van der Waals surface area contributed by atoms with Gasteiger partial charge in [0.25, 0.3) is 0 Å². The lowest BCUT2D eigenvalue weighted by molar-refractivity contribution is -0.147. The smallest absolute Gasteiger partial charge is 0.407 e. The zero-order chi connectivity index (χ0) is 23.2. The molecule has 0 saturated heterocycles. The van der Waals surface area contributed by atoms with Crippen LogP contribution in [0.2, 0.25) is 0 Å². The third kappa shape index (κ3) is 18.0. The number of carbonyl (C=O) groups is 2. The topological polar surface area (TPSA) is 73.9 Å². The summed E-state index contributed by atoms with van der Waals surface area (Å²) in [6.45, 7) is 7.05. The van der Waals surface area contributed by atoms with E-state index in [-0.39, 0.29) is 18.5 Å². The van der Waals surface area contributed by atoms with Crippen molar-refractivity contribution >= 4 is 12.1 Å². The molecule has 31 heavy (non-hydrogen) atoms. The Bertz CT molecular complexity index is 430. The summed E-state index contributed by atoms with van der Waals surface area (Å²) in [6.07, 6.45) is 16.8. The lowest BCUT2D eigenvalue weighted by Crippen LogP contribution is -2.46. The van der Waals surface area contributed by atoms with Crippen molar-refractivity contribution in [2.45, 2.75) is 117 Å². The molecule has 0 radical (unpaired) electrons. The lowest BCUT2D eigenvalue weighted by Gasteiger charge is -2.22. The summed E-state index contributed by atoms with van der Waals surface area (Å²) in [5.74, 6) is -0.397. The maximum Gasteiger partial charge on any atom is 0.407 e. The largest absolute Gasteiger partial charge is 0.464 e. The van der Waals surface area contributed by atoms with Crippen molar-refractivity contribution in [3.05, 3.63) is 0 Å². The maximum absolute atomic E-state index is 12.4. The number of hydrogen-bond acceptors (Lipinski definition) is 5. The number of rotatable bonds is 21. The van der Waals surface area contributed by atoms with Gasteiger partial charge in [0.1, 0.15) is 12.6 Å². The molecule has 6 heteroatoms. The number of ether oxygens (including phenoxy) is 3. The molecular formula is C25H49NO5. The van der Waals surface area contributed by atoms with Crippen LogP contribution in [-0.2, 0) is 19.0 Å². The van der Waals surface area contributed by atoms with E-state index in [1.165, 1.54) is 77.7 Å². The molecule has 6 nitrogen and oxygen atoms in total. The van der Waals surface area contributed by atoms with Crippen molar-refractivity contribution in [2.75, 3.05) is 26.9 Å². The Morgan fingerprint density at radius 3 is 1.71 bits per heavy atom. The van der Waals surface area contributed by atoms with Crippen LogP contribution in [0.25, 0.3) is 0 Å². The number of alkyl carbamates (subject to hydrolysis) is 1. The third-order valence-corrected chi connectivity index (χ3v) is 5.75. The van der Waals surface area contributed by atoms with Crippen LogP contribution in [0.4, 0.5) is 4.79 Å². The normalized spacial score (nSPS) is 12.9. The highest BCUT2D eigenvalue weighted by Gasteiger charge is 2.27. The molecule has 0 aliphatic heterocycles. The summed E-state index contributed by atoms with van der Waals surface area (Å²) >= 11 is 0. The summed E-state index contributed by atoms with van der Waals surface area (Å²) in [7, 11) is 1.54. The van der Waals surface area contributed by atoms with Crippen LogP contribution in [-0.4, -0.2) is 45.0 Å². The van der Waals surface area contributed by atoms with Crippen LogP contribution in [0.1, 0.15) is 111 Å². The first kappa shape index (κ1) is 29.7. The molecule has 0 fully saturated rings. The van der Waals surface area contributed by atoms with E-state index < -0.39 is 12.1 Å². The molecule has 0 saturated carbocycles. The van der Waals surface area contributed by atoms with Crippen molar-refractivity contribution in [3.8, 4) is 0 Å². The molecule has 0 aliphatic carbocycles. The van der Waals surface area contributed by atoms with Crippen molar-refractivity contribution in [1.82, 2.24) is 5.32 Å². The predicted molar refractivity (Wildman–Crippen MR) is 126 cm³/mol. The van der Waals surface area contributed by atoms with Gasteiger partial charge in [0.05, 0.1) is 13.2 Å². The third-order valence-electron chi connectivity index (χ3n) is 5.75. The van der Waals surface area contributed by atoms with Gasteiger partial charge in [-0.25, -0.2) is 9.59 Å². The summed E-state index contributed by atoms with van der Waals surface area (Å²) < 4.78 is 15.3. The van der Waals surface area contributed by atoms with Crippen LogP contribution in [0.5, 0.6) is 0 Å². The van der Waals surface area contributed by atoms with Gasteiger partial charge in [-0.1, -0.05) is 104 Å². The summed E-state index contributed by atoms with van der Waals surface area (Å²) in [4.78, 5) is 24.3. The van der Waals surface area contributed by atoms with Gasteiger partial charge in [-0.15, -0.1) is 0 Å². The van der Waals surface area contributed by atoms with E-state index in [0.717, 1.165) is 19.3 Å². The fourth-order valence-electron chi connectivity index (χ4n) is 3.44. The Morgan fingerprint density at radius 1 is 0.710 bits per heavy atom. The Balaban J connectivity index is 3.78. The fourth-order valence-corrected chi connectivity index (χ4v) is 3.44. The molecule has 0 aliphatic rings. The van der Waals surface area contributed by atoms with E-state index in [1.807, 2.05) is 13.8 Å². The van der Waals surface area contributed by atoms with Crippen LogP contribution in [0, 0.1) is 5.92 Å². The van der Waals surface area contributed by atoms with Gasteiger partial charge in [-0.05, 0) is 12.3 Å². The van der Waals surface area contributed by atoms with Crippen molar-refractivity contribution in [3.63, 3.8) is 0 Å². The molecular weight excluding hydrogens is 394 g/mol. The van der Waals surface area contributed by atoms with Crippen LogP contribution < -0.4 is 5.32 Å².